The molecule has 0 unspecified atom stereocenters. The van der Waals surface area contributed by atoms with Crippen molar-refractivity contribution in [3.8, 4) is 11.5 Å². The number of methoxy groups -OCH3 is 2. The van der Waals surface area contributed by atoms with Crippen LogP contribution in [0.2, 0.25) is 0 Å². The lowest BCUT2D eigenvalue weighted by Crippen LogP contribution is -2.49. The maximum Gasteiger partial charge on any atom is 0.228 e. The SMILES string of the molecule is COc1ccc(CNC(=O)[C@H]2C[C@@H](C(=O)Nc3ccc(F)cc3)CN(CCc3ccccc3)C2)cc1OC. The summed E-state index contributed by atoms with van der Waals surface area (Å²) in [5.41, 5.74) is 2.63. The molecule has 1 aliphatic heterocycles. The van der Waals surface area contributed by atoms with Gasteiger partial charge in [0.25, 0.3) is 0 Å². The number of nitrogens with one attached hydrogen (secondary N) is 2. The minimum absolute atomic E-state index is 0.0937. The van der Waals surface area contributed by atoms with Crippen molar-refractivity contribution in [3.63, 3.8) is 0 Å². The van der Waals surface area contributed by atoms with Crippen molar-refractivity contribution < 1.29 is 23.5 Å². The number of hydrogen-bond acceptors (Lipinski definition) is 5. The first-order valence-electron chi connectivity index (χ1n) is 12.8. The molecule has 4 rings (SSSR count). The second kappa shape index (κ2) is 13.1. The number of piperidine rings is 1. The van der Waals surface area contributed by atoms with E-state index in [2.05, 4.69) is 27.7 Å². The van der Waals surface area contributed by atoms with Crippen LogP contribution in [0.4, 0.5) is 10.1 Å². The minimum atomic E-state index is -0.374. The predicted octanol–water partition coefficient (Wildman–Crippen LogP) is 4.28. The number of benzene rings is 3. The molecule has 38 heavy (non-hydrogen) atoms. The number of carbonyl (C=O) groups is 2. The number of ether oxygens (including phenoxy) is 2. The summed E-state index contributed by atoms with van der Waals surface area (Å²) in [6.45, 7) is 2.21. The molecule has 1 saturated heterocycles. The third-order valence-electron chi connectivity index (χ3n) is 6.85. The van der Waals surface area contributed by atoms with Crippen molar-refractivity contribution in [1.82, 2.24) is 10.2 Å². The molecule has 1 heterocycles. The van der Waals surface area contributed by atoms with Crippen LogP contribution in [-0.2, 0) is 22.6 Å². The molecule has 0 radical (unpaired) electrons. The van der Waals surface area contributed by atoms with Crippen LogP contribution in [0.15, 0.2) is 72.8 Å². The normalized spacial score (nSPS) is 17.4. The standard InChI is InChI=1S/C30H34FN3O4/c1-37-27-13-8-22(16-28(27)38-2)18-32-29(35)23-17-24(30(36)33-26-11-9-25(31)10-12-26)20-34(19-23)15-14-21-6-4-3-5-7-21/h3-13,16,23-24H,14-15,17-20H2,1-2H3,(H,32,35)(H,33,36)/t23-,24+/m0/s1. The number of carbonyl (C=O) groups excluding carboxylic acids is 2. The molecule has 7 nitrogen and oxygen atoms in total. The van der Waals surface area contributed by atoms with E-state index >= 15 is 0 Å². The average Bonchev–Trinajstić information content (AvgIpc) is 2.96. The summed E-state index contributed by atoms with van der Waals surface area (Å²) in [4.78, 5) is 28.6. The molecule has 1 fully saturated rings. The second-order valence-electron chi connectivity index (χ2n) is 9.53. The van der Waals surface area contributed by atoms with Gasteiger partial charge < -0.3 is 25.0 Å². The van der Waals surface area contributed by atoms with Gasteiger partial charge in [-0.2, -0.15) is 0 Å². The first kappa shape index (κ1) is 27.1. The molecule has 3 aromatic carbocycles. The van der Waals surface area contributed by atoms with Gasteiger partial charge >= 0.3 is 0 Å². The number of anilines is 1. The van der Waals surface area contributed by atoms with Crippen LogP contribution in [0, 0.1) is 17.7 Å². The molecule has 3 aromatic rings. The van der Waals surface area contributed by atoms with Crippen LogP contribution in [0.5, 0.6) is 11.5 Å². The number of amides is 2. The van der Waals surface area contributed by atoms with Crippen LogP contribution < -0.4 is 20.1 Å². The summed E-state index contributed by atoms with van der Waals surface area (Å²) in [7, 11) is 3.15. The van der Waals surface area contributed by atoms with E-state index < -0.39 is 0 Å². The molecule has 2 atom stereocenters. The molecule has 2 N–H and O–H groups in total. The highest BCUT2D eigenvalue weighted by Crippen LogP contribution is 2.28. The fraction of sp³-hybridized carbons (Fsp3) is 0.333. The summed E-state index contributed by atoms with van der Waals surface area (Å²) in [5.74, 6) is -0.119. The lowest BCUT2D eigenvalue weighted by molar-refractivity contribution is -0.130. The summed E-state index contributed by atoms with van der Waals surface area (Å²) in [5, 5.41) is 5.92. The Balaban J connectivity index is 1.42. The molecule has 0 saturated carbocycles. The van der Waals surface area contributed by atoms with Crippen molar-refractivity contribution in [2.75, 3.05) is 39.2 Å². The minimum Gasteiger partial charge on any atom is -0.493 e. The van der Waals surface area contributed by atoms with E-state index in [0.29, 0.717) is 43.2 Å². The molecule has 8 heteroatoms. The van der Waals surface area contributed by atoms with Gasteiger partial charge in [-0.15, -0.1) is 0 Å². The predicted molar refractivity (Wildman–Crippen MR) is 145 cm³/mol. The molecular weight excluding hydrogens is 485 g/mol. The Labute approximate surface area is 222 Å². The molecule has 0 bridgehead atoms. The van der Waals surface area contributed by atoms with Crippen molar-refractivity contribution in [3.05, 3.63) is 89.7 Å². The van der Waals surface area contributed by atoms with Gasteiger partial charge in [0, 0.05) is 31.9 Å². The Morgan fingerprint density at radius 3 is 2.24 bits per heavy atom. The van der Waals surface area contributed by atoms with Crippen LogP contribution in [0.25, 0.3) is 0 Å². The largest absolute Gasteiger partial charge is 0.493 e. The van der Waals surface area contributed by atoms with Crippen LogP contribution in [0.3, 0.4) is 0 Å². The van der Waals surface area contributed by atoms with Crippen LogP contribution >= 0.6 is 0 Å². The van der Waals surface area contributed by atoms with E-state index in [4.69, 9.17) is 9.47 Å². The Morgan fingerprint density at radius 1 is 0.868 bits per heavy atom. The van der Waals surface area contributed by atoms with Gasteiger partial charge in [-0.25, -0.2) is 4.39 Å². The fourth-order valence-electron chi connectivity index (χ4n) is 4.79. The number of nitrogens with zero attached hydrogens (tertiary/aromatic N) is 1. The van der Waals surface area contributed by atoms with Crippen molar-refractivity contribution in [2.24, 2.45) is 11.8 Å². The monoisotopic (exact) mass is 519 g/mol. The lowest BCUT2D eigenvalue weighted by atomic mass is 9.87. The first-order chi connectivity index (χ1) is 18.4. The van der Waals surface area contributed by atoms with E-state index in [-0.39, 0.29) is 29.5 Å². The van der Waals surface area contributed by atoms with Gasteiger partial charge in [0.2, 0.25) is 11.8 Å². The maximum absolute atomic E-state index is 13.3. The molecular formula is C30H34FN3O4. The third kappa shape index (κ3) is 7.32. The first-order valence-corrected chi connectivity index (χ1v) is 12.8. The Kier molecular flexibility index (Phi) is 9.32. The van der Waals surface area contributed by atoms with Gasteiger partial charge in [-0.05, 0) is 60.4 Å². The van der Waals surface area contributed by atoms with Crippen molar-refractivity contribution >= 4 is 17.5 Å². The Morgan fingerprint density at radius 2 is 1.55 bits per heavy atom. The quantitative estimate of drug-likeness (QED) is 0.418. The van der Waals surface area contributed by atoms with Gasteiger partial charge in [-0.1, -0.05) is 36.4 Å². The zero-order valence-corrected chi connectivity index (χ0v) is 21.8. The topological polar surface area (TPSA) is 79.9 Å². The number of likely N-dealkylation sites (tertiary alicyclic amines) is 1. The molecule has 200 valence electrons. The highest BCUT2D eigenvalue weighted by molar-refractivity contribution is 5.93. The maximum atomic E-state index is 13.3. The summed E-state index contributed by atoms with van der Waals surface area (Å²) >= 11 is 0. The average molecular weight is 520 g/mol. The number of halogens is 1. The zero-order valence-electron chi connectivity index (χ0n) is 21.8. The van der Waals surface area contributed by atoms with Crippen LogP contribution in [-0.4, -0.2) is 50.6 Å². The number of hydrogen-bond donors (Lipinski definition) is 2. The highest BCUT2D eigenvalue weighted by atomic mass is 19.1. The smallest absolute Gasteiger partial charge is 0.228 e. The summed E-state index contributed by atoms with van der Waals surface area (Å²) in [6.07, 6.45) is 1.26. The second-order valence-corrected chi connectivity index (χ2v) is 9.53. The molecule has 0 aliphatic carbocycles. The van der Waals surface area contributed by atoms with Crippen molar-refractivity contribution in [2.45, 2.75) is 19.4 Å². The zero-order chi connectivity index (χ0) is 26.9. The van der Waals surface area contributed by atoms with Gasteiger partial charge in [0.05, 0.1) is 26.1 Å². The van der Waals surface area contributed by atoms with Crippen LogP contribution in [0.1, 0.15) is 17.5 Å². The molecule has 0 aromatic heterocycles. The summed E-state index contributed by atoms with van der Waals surface area (Å²) in [6, 6.07) is 21.4. The van der Waals surface area contributed by atoms with Gasteiger partial charge in [0.1, 0.15) is 5.82 Å². The van der Waals surface area contributed by atoms with Crippen molar-refractivity contribution in [1.29, 1.82) is 0 Å². The van der Waals surface area contributed by atoms with Gasteiger partial charge in [-0.3, -0.25) is 9.59 Å². The van der Waals surface area contributed by atoms with E-state index in [9.17, 15) is 14.0 Å². The van der Waals surface area contributed by atoms with E-state index in [1.807, 2.05) is 36.4 Å². The lowest BCUT2D eigenvalue weighted by Gasteiger charge is -2.36. The fourth-order valence-corrected chi connectivity index (χ4v) is 4.79. The Bertz CT molecular complexity index is 1220. The molecule has 2 amide bonds. The molecule has 0 spiro atoms. The van der Waals surface area contributed by atoms with E-state index in [1.54, 1.807) is 14.2 Å². The third-order valence-corrected chi connectivity index (χ3v) is 6.85. The van der Waals surface area contributed by atoms with E-state index in [0.717, 1.165) is 18.5 Å². The van der Waals surface area contributed by atoms with Gasteiger partial charge in [0.15, 0.2) is 11.5 Å². The summed E-state index contributed by atoms with van der Waals surface area (Å²) < 4.78 is 23.9. The van der Waals surface area contributed by atoms with E-state index in [1.165, 1.54) is 29.8 Å². The highest BCUT2D eigenvalue weighted by Gasteiger charge is 2.35. The number of rotatable bonds is 10. The Hall–Kier alpha value is -3.91. The molecule has 1 aliphatic rings.